The van der Waals surface area contributed by atoms with Gasteiger partial charge >= 0.3 is 0 Å². The van der Waals surface area contributed by atoms with E-state index in [1.807, 2.05) is 17.5 Å². The van der Waals surface area contributed by atoms with E-state index in [-0.39, 0.29) is 0 Å². The number of hydrogen-bond acceptors (Lipinski definition) is 3. The number of nitrogens with zero attached hydrogens (tertiary/aromatic N) is 2. The van der Waals surface area contributed by atoms with Crippen LogP contribution in [0.25, 0.3) is 11.0 Å². The molecular formula is C15H16ClN3S. The minimum absolute atomic E-state index is 0.822. The van der Waals surface area contributed by atoms with Gasteiger partial charge in [0.25, 0.3) is 0 Å². The van der Waals surface area contributed by atoms with E-state index >= 15 is 0 Å². The van der Waals surface area contributed by atoms with Crippen LogP contribution in [0, 0.1) is 6.92 Å². The van der Waals surface area contributed by atoms with E-state index in [1.165, 1.54) is 10.4 Å². The van der Waals surface area contributed by atoms with Crippen molar-refractivity contribution < 1.29 is 0 Å². The predicted octanol–water partition coefficient (Wildman–Crippen LogP) is 3.85. The topological polar surface area (TPSA) is 29.9 Å². The largest absolute Gasteiger partial charge is 0.327 e. The van der Waals surface area contributed by atoms with Gasteiger partial charge in [-0.15, -0.1) is 11.3 Å². The molecule has 3 nitrogen and oxygen atoms in total. The van der Waals surface area contributed by atoms with Crippen molar-refractivity contribution in [2.45, 2.75) is 20.0 Å². The van der Waals surface area contributed by atoms with Crippen LogP contribution in [-0.2, 0) is 13.1 Å². The summed E-state index contributed by atoms with van der Waals surface area (Å²) >= 11 is 7.60. The molecule has 0 amide bonds. The second-order valence-electron chi connectivity index (χ2n) is 4.71. The van der Waals surface area contributed by atoms with Crippen molar-refractivity contribution in [2.75, 3.05) is 6.54 Å². The van der Waals surface area contributed by atoms with E-state index in [0.717, 1.165) is 36.0 Å². The number of nitrogens with one attached hydrogen (secondary N) is 1. The number of benzene rings is 1. The van der Waals surface area contributed by atoms with Crippen molar-refractivity contribution in [3.05, 3.63) is 51.4 Å². The lowest BCUT2D eigenvalue weighted by Crippen LogP contribution is -2.19. The van der Waals surface area contributed by atoms with Gasteiger partial charge < -0.3 is 9.88 Å². The Labute approximate surface area is 127 Å². The monoisotopic (exact) mass is 305 g/mol. The molecule has 0 aliphatic heterocycles. The number of imidazole rings is 1. The molecule has 0 aliphatic carbocycles. The zero-order valence-corrected chi connectivity index (χ0v) is 12.8. The van der Waals surface area contributed by atoms with Gasteiger partial charge in [0.1, 0.15) is 5.82 Å². The fourth-order valence-corrected chi connectivity index (χ4v) is 3.37. The third-order valence-electron chi connectivity index (χ3n) is 3.28. The molecule has 1 N–H and O–H groups in total. The quantitative estimate of drug-likeness (QED) is 0.726. The van der Waals surface area contributed by atoms with Crippen LogP contribution in [0.3, 0.4) is 0 Å². The molecule has 0 aliphatic rings. The average Bonchev–Trinajstić information content (AvgIpc) is 2.98. The first-order valence-electron chi connectivity index (χ1n) is 6.59. The van der Waals surface area contributed by atoms with Crippen LogP contribution in [-0.4, -0.2) is 16.1 Å². The van der Waals surface area contributed by atoms with Crippen molar-refractivity contribution in [3.8, 4) is 0 Å². The molecule has 2 heterocycles. The molecule has 5 heteroatoms. The summed E-state index contributed by atoms with van der Waals surface area (Å²) in [7, 11) is 0. The molecule has 0 atom stereocenters. The van der Waals surface area contributed by atoms with Crippen molar-refractivity contribution in [1.82, 2.24) is 14.9 Å². The second kappa shape index (κ2) is 5.95. The second-order valence-corrected chi connectivity index (χ2v) is 6.14. The summed E-state index contributed by atoms with van der Waals surface area (Å²) in [6.45, 7) is 4.75. The van der Waals surface area contributed by atoms with Gasteiger partial charge in [0.05, 0.1) is 16.1 Å². The van der Waals surface area contributed by atoms with Gasteiger partial charge in [0.15, 0.2) is 0 Å². The Morgan fingerprint density at radius 1 is 1.35 bits per heavy atom. The molecule has 1 aromatic carbocycles. The summed E-state index contributed by atoms with van der Waals surface area (Å²) in [5.41, 5.74) is 2.26. The van der Waals surface area contributed by atoms with Gasteiger partial charge in [-0.1, -0.05) is 23.7 Å². The Morgan fingerprint density at radius 3 is 3.00 bits per heavy atom. The maximum absolute atomic E-state index is 5.91. The fraction of sp³-hybridized carbons (Fsp3) is 0.267. The van der Waals surface area contributed by atoms with Crippen LogP contribution in [0.4, 0.5) is 0 Å². The van der Waals surface area contributed by atoms with E-state index in [0.29, 0.717) is 0 Å². The van der Waals surface area contributed by atoms with Gasteiger partial charge in [-0.2, -0.15) is 0 Å². The summed E-state index contributed by atoms with van der Waals surface area (Å²) in [5, 5.41) is 6.24. The summed E-state index contributed by atoms with van der Waals surface area (Å²) < 4.78 is 2.25. The third kappa shape index (κ3) is 2.87. The summed E-state index contributed by atoms with van der Waals surface area (Å²) in [6.07, 6.45) is 0. The lowest BCUT2D eigenvalue weighted by atomic mass is 10.3. The van der Waals surface area contributed by atoms with E-state index in [4.69, 9.17) is 11.6 Å². The molecule has 0 saturated heterocycles. The highest BCUT2D eigenvalue weighted by molar-refractivity contribution is 7.10. The highest BCUT2D eigenvalue weighted by Crippen LogP contribution is 2.18. The number of para-hydroxylation sites is 2. The van der Waals surface area contributed by atoms with Crippen LogP contribution >= 0.6 is 22.9 Å². The summed E-state index contributed by atoms with van der Waals surface area (Å²) in [4.78, 5) is 5.84. The maximum atomic E-state index is 5.91. The predicted molar refractivity (Wildman–Crippen MR) is 85.5 cm³/mol. The lowest BCUT2D eigenvalue weighted by Gasteiger charge is -2.07. The Morgan fingerprint density at radius 2 is 2.20 bits per heavy atom. The van der Waals surface area contributed by atoms with Crippen molar-refractivity contribution in [2.24, 2.45) is 0 Å². The molecule has 2 aromatic heterocycles. The third-order valence-corrected chi connectivity index (χ3v) is 4.56. The molecule has 20 heavy (non-hydrogen) atoms. The number of fused-ring (bicyclic) bond motifs is 1. The number of rotatable bonds is 5. The lowest BCUT2D eigenvalue weighted by molar-refractivity contribution is 0.600. The molecule has 0 saturated carbocycles. The SMILES string of the molecule is Cc1nc2ccccc2n1CCNCc1cc(Cl)cs1. The summed E-state index contributed by atoms with van der Waals surface area (Å²) in [5.74, 6) is 1.06. The van der Waals surface area contributed by atoms with E-state index < -0.39 is 0 Å². The van der Waals surface area contributed by atoms with E-state index in [2.05, 4.69) is 40.0 Å². The Kier molecular flexibility index (Phi) is 4.05. The van der Waals surface area contributed by atoms with Crippen LogP contribution in [0.5, 0.6) is 0 Å². The zero-order valence-electron chi connectivity index (χ0n) is 11.3. The number of hydrogen-bond donors (Lipinski definition) is 1. The van der Waals surface area contributed by atoms with Gasteiger partial charge in [-0.05, 0) is 25.1 Å². The first kappa shape index (κ1) is 13.6. The average molecular weight is 306 g/mol. The molecule has 0 spiro atoms. The van der Waals surface area contributed by atoms with Gasteiger partial charge in [0, 0.05) is 29.9 Å². The number of aromatic nitrogens is 2. The van der Waals surface area contributed by atoms with Crippen molar-refractivity contribution in [1.29, 1.82) is 0 Å². The minimum Gasteiger partial charge on any atom is -0.327 e. The normalized spacial score (nSPS) is 11.3. The highest BCUT2D eigenvalue weighted by atomic mass is 35.5. The molecule has 3 rings (SSSR count). The molecule has 0 bridgehead atoms. The van der Waals surface area contributed by atoms with Crippen molar-refractivity contribution in [3.63, 3.8) is 0 Å². The van der Waals surface area contributed by atoms with Gasteiger partial charge in [-0.3, -0.25) is 0 Å². The minimum atomic E-state index is 0.822. The fourth-order valence-electron chi connectivity index (χ4n) is 2.33. The van der Waals surface area contributed by atoms with Crippen LogP contribution in [0.1, 0.15) is 10.7 Å². The molecule has 104 valence electrons. The van der Waals surface area contributed by atoms with Crippen LogP contribution in [0.2, 0.25) is 5.02 Å². The first-order chi connectivity index (χ1) is 9.74. The number of thiophene rings is 1. The molecule has 0 unspecified atom stereocenters. The van der Waals surface area contributed by atoms with E-state index in [9.17, 15) is 0 Å². The van der Waals surface area contributed by atoms with E-state index in [1.54, 1.807) is 11.3 Å². The van der Waals surface area contributed by atoms with Crippen molar-refractivity contribution >= 4 is 34.0 Å². The molecular weight excluding hydrogens is 290 g/mol. The van der Waals surface area contributed by atoms with Crippen LogP contribution in [0.15, 0.2) is 35.7 Å². The smallest absolute Gasteiger partial charge is 0.106 e. The van der Waals surface area contributed by atoms with Gasteiger partial charge in [0.2, 0.25) is 0 Å². The molecule has 0 fully saturated rings. The van der Waals surface area contributed by atoms with Gasteiger partial charge in [-0.25, -0.2) is 4.98 Å². The number of halogens is 1. The highest BCUT2D eigenvalue weighted by Gasteiger charge is 2.05. The zero-order chi connectivity index (χ0) is 13.9. The van der Waals surface area contributed by atoms with Crippen LogP contribution < -0.4 is 5.32 Å². The molecule has 3 aromatic rings. The Balaban J connectivity index is 1.61. The molecule has 0 radical (unpaired) electrons. The maximum Gasteiger partial charge on any atom is 0.106 e. The Bertz CT molecular complexity index is 717. The standard InChI is InChI=1S/C15H16ClN3S/c1-11-18-14-4-2-3-5-15(14)19(11)7-6-17-9-13-8-12(16)10-20-13/h2-5,8,10,17H,6-7,9H2,1H3. The summed E-state index contributed by atoms with van der Waals surface area (Å²) in [6, 6.07) is 10.3. The first-order valence-corrected chi connectivity index (χ1v) is 7.85. The Hall–Kier alpha value is -1.36. The number of aryl methyl sites for hydroxylation is 1.